The van der Waals surface area contributed by atoms with Gasteiger partial charge in [-0.3, -0.25) is 14.4 Å². The Kier molecular flexibility index (Phi) is 5.71. The van der Waals surface area contributed by atoms with Crippen molar-refractivity contribution in [3.8, 4) is 0 Å². The summed E-state index contributed by atoms with van der Waals surface area (Å²) in [6.45, 7) is 3.76. The Bertz CT molecular complexity index is 1170. The standard InChI is InChI=1S/C25H24N2O4/c1-16-10-11-17(2)22(12-16)27-14-19(13-24(27)29)25(30)31-15-23(28)26-21-9-5-7-18-6-3-4-8-20(18)21/h3-12,19H,13-15H2,1-2H3,(H,26,28)/t19-/m1/s1. The van der Waals surface area contributed by atoms with Crippen molar-refractivity contribution in [1.29, 1.82) is 0 Å². The van der Waals surface area contributed by atoms with Crippen LogP contribution in [0.5, 0.6) is 0 Å². The molecule has 1 fully saturated rings. The molecular weight excluding hydrogens is 392 g/mol. The van der Waals surface area contributed by atoms with E-state index in [9.17, 15) is 14.4 Å². The van der Waals surface area contributed by atoms with Crippen LogP contribution >= 0.6 is 0 Å². The van der Waals surface area contributed by atoms with E-state index < -0.39 is 24.4 Å². The van der Waals surface area contributed by atoms with Gasteiger partial charge in [0, 0.05) is 29.7 Å². The van der Waals surface area contributed by atoms with Crippen molar-refractivity contribution in [1.82, 2.24) is 0 Å². The lowest BCUT2D eigenvalue weighted by atomic mass is 10.1. The molecule has 3 aromatic rings. The van der Waals surface area contributed by atoms with Crippen LogP contribution in [0.3, 0.4) is 0 Å². The normalized spacial score (nSPS) is 15.9. The number of nitrogens with one attached hydrogen (secondary N) is 1. The molecule has 1 aliphatic heterocycles. The van der Waals surface area contributed by atoms with Gasteiger partial charge in [0.1, 0.15) is 0 Å². The Balaban J connectivity index is 1.36. The van der Waals surface area contributed by atoms with Crippen LogP contribution < -0.4 is 10.2 Å². The fourth-order valence-electron chi connectivity index (χ4n) is 3.88. The molecule has 1 aliphatic rings. The molecule has 6 heteroatoms. The highest BCUT2D eigenvalue weighted by Gasteiger charge is 2.36. The topological polar surface area (TPSA) is 75.7 Å². The summed E-state index contributed by atoms with van der Waals surface area (Å²) in [4.78, 5) is 39.0. The maximum atomic E-state index is 12.5. The first-order chi connectivity index (χ1) is 14.9. The summed E-state index contributed by atoms with van der Waals surface area (Å²) in [7, 11) is 0. The van der Waals surface area contributed by atoms with Gasteiger partial charge in [0.15, 0.2) is 6.61 Å². The molecular formula is C25H24N2O4. The number of nitrogens with zero attached hydrogens (tertiary/aromatic N) is 1. The number of carbonyl (C=O) groups excluding carboxylic acids is 3. The summed E-state index contributed by atoms with van der Waals surface area (Å²) in [6, 6.07) is 19.2. The third kappa shape index (κ3) is 4.43. The first kappa shape index (κ1) is 20.6. The van der Waals surface area contributed by atoms with E-state index in [0.717, 1.165) is 27.6 Å². The molecule has 4 rings (SSSR count). The van der Waals surface area contributed by atoms with Gasteiger partial charge in [-0.1, -0.05) is 48.5 Å². The van der Waals surface area contributed by atoms with Crippen LogP contribution in [0.4, 0.5) is 11.4 Å². The molecule has 31 heavy (non-hydrogen) atoms. The predicted octanol–water partition coefficient (Wildman–Crippen LogP) is 3.99. The Hall–Kier alpha value is -3.67. The molecule has 1 saturated heterocycles. The quantitative estimate of drug-likeness (QED) is 0.638. The summed E-state index contributed by atoms with van der Waals surface area (Å²) in [5.41, 5.74) is 3.50. The average molecular weight is 416 g/mol. The van der Waals surface area contributed by atoms with Gasteiger partial charge < -0.3 is 15.0 Å². The summed E-state index contributed by atoms with van der Waals surface area (Å²) >= 11 is 0. The number of esters is 1. The van der Waals surface area contributed by atoms with E-state index in [4.69, 9.17) is 4.74 Å². The Morgan fingerprint density at radius 2 is 1.84 bits per heavy atom. The molecule has 0 radical (unpaired) electrons. The monoisotopic (exact) mass is 416 g/mol. The zero-order valence-electron chi connectivity index (χ0n) is 17.6. The van der Waals surface area contributed by atoms with Gasteiger partial charge in [-0.25, -0.2) is 0 Å². The number of carbonyl (C=O) groups is 3. The number of hydrogen-bond donors (Lipinski definition) is 1. The van der Waals surface area contributed by atoms with Crippen LogP contribution in [0, 0.1) is 19.8 Å². The molecule has 0 aliphatic carbocycles. The summed E-state index contributed by atoms with van der Waals surface area (Å²) in [6.07, 6.45) is 0.0805. The number of benzene rings is 3. The van der Waals surface area contributed by atoms with Crippen molar-refractivity contribution < 1.29 is 19.1 Å². The second-order valence-corrected chi connectivity index (χ2v) is 7.88. The summed E-state index contributed by atoms with van der Waals surface area (Å²) < 4.78 is 5.23. The Labute approximate surface area is 180 Å². The van der Waals surface area contributed by atoms with Crippen LogP contribution in [-0.2, 0) is 19.1 Å². The lowest BCUT2D eigenvalue weighted by Gasteiger charge is -2.19. The molecule has 0 unspecified atom stereocenters. The van der Waals surface area contributed by atoms with Crippen molar-refractivity contribution in [3.05, 3.63) is 71.8 Å². The number of rotatable bonds is 5. The van der Waals surface area contributed by atoms with Crippen molar-refractivity contribution in [3.63, 3.8) is 0 Å². The van der Waals surface area contributed by atoms with E-state index in [0.29, 0.717) is 5.69 Å². The fourth-order valence-corrected chi connectivity index (χ4v) is 3.88. The Morgan fingerprint density at radius 3 is 2.68 bits per heavy atom. The highest BCUT2D eigenvalue weighted by molar-refractivity contribution is 6.03. The number of anilines is 2. The minimum atomic E-state index is -0.585. The SMILES string of the molecule is Cc1ccc(C)c(N2C[C@H](C(=O)OCC(=O)Nc3cccc4ccccc34)CC2=O)c1. The summed E-state index contributed by atoms with van der Waals surface area (Å²) in [5.74, 6) is -1.65. The number of aryl methyl sites for hydroxylation is 2. The van der Waals surface area contributed by atoms with E-state index in [1.165, 1.54) is 0 Å². The van der Waals surface area contributed by atoms with E-state index in [1.54, 1.807) is 11.0 Å². The van der Waals surface area contributed by atoms with Crippen molar-refractivity contribution in [2.75, 3.05) is 23.4 Å². The molecule has 0 saturated carbocycles. The maximum Gasteiger partial charge on any atom is 0.311 e. The second-order valence-electron chi connectivity index (χ2n) is 7.88. The third-order valence-electron chi connectivity index (χ3n) is 5.52. The number of ether oxygens (including phenoxy) is 1. The van der Waals surface area contributed by atoms with Gasteiger partial charge in [-0.2, -0.15) is 0 Å². The van der Waals surface area contributed by atoms with E-state index in [-0.39, 0.29) is 18.9 Å². The van der Waals surface area contributed by atoms with E-state index in [2.05, 4.69) is 5.32 Å². The first-order valence-corrected chi connectivity index (χ1v) is 10.2. The van der Waals surface area contributed by atoms with Gasteiger partial charge in [-0.15, -0.1) is 0 Å². The van der Waals surface area contributed by atoms with Gasteiger partial charge in [0.2, 0.25) is 5.91 Å². The van der Waals surface area contributed by atoms with E-state index >= 15 is 0 Å². The highest BCUT2D eigenvalue weighted by Crippen LogP contribution is 2.29. The zero-order chi connectivity index (χ0) is 22.0. The molecule has 158 valence electrons. The van der Waals surface area contributed by atoms with E-state index in [1.807, 2.05) is 68.4 Å². The van der Waals surface area contributed by atoms with Crippen LogP contribution in [0.15, 0.2) is 60.7 Å². The lowest BCUT2D eigenvalue weighted by molar-refractivity contribution is -0.151. The summed E-state index contributed by atoms with van der Waals surface area (Å²) in [5, 5.41) is 4.71. The molecule has 1 N–H and O–H groups in total. The van der Waals surface area contributed by atoms with Gasteiger partial charge >= 0.3 is 5.97 Å². The maximum absolute atomic E-state index is 12.5. The minimum absolute atomic E-state index is 0.0805. The molecule has 1 atom stereocenters. The van der Waals surface area contributed by atoms with Gasteiger partial charge in [0.05, 0.1) is 5.92 Å². The number of hydrogen-bond acceptors (Lipinski definition) is 4. The third-order valence-corrected chi connectivity index (χ3v) is 5.52. The number of amides is 2. The van der Waals surface area contributed by atoms with Crippen LogP contribution in [0.1, 0.15) is 17.5 Å². The second kappa shape index (κ2) is 8.60. The molecule has 0 spiro atoms. The van der Waals surface area contributed by atoms with Crippen LogP contribution in [0.25, 0.3) is 10.8 Å². The molecule has 6 nitrogen and oxygen atoms in total. The van der Waals surface area contributed by atoms with Crippen molar-refractivity contribution in [2.45, 2.75) is 20.3 Å². The number of fused-ring (bicyclic) bond motifs is 1. The highest BCUT2D eigenvalue weighted by atomic mass is 16.5. The van der Waals surface area contributed by atoms with Crippen LogP contribution in [-0.4, -0.2) is 30.9 Å². The largest absolute Gasteiger partial charge is 0.455 e. The zero-order valence-corrected chi connectivity index (χ0v) is 17.6. The fraction of sp³-hybridized carbons (Fsp3) is 0.240. The average Bonchev–Trinajstić information content (AvgIpc) is 3.15. The molecule has 3 aromatic carbocycles. The predicted molar refractivity (Wildman–Crippen MR) is 120 cm³/mol. The van der Waals surface area contributed by atoms with Crippen LogP contribution in [0.2, 0.25) is 0 Å². The van der Waals surface area contributed by atoms with Gasteiger partial charge in [0.25, 0.3) is 5.91 Å². The lowest BCUT2D eigenvalue weighted by Crippen LogP contribution is -2.28. The molecule has 0 aromatic heterocycles. The molecule has 0 bridgehead atoms. The molecule has 2 amide bonds. The Morgan fingerprint density at radius 1 is 1.06 bits per heavy atom. The van der Waals surface area contributed by atoms with Gasteiger partial charge in [-0.05, 0) is 42.5 Å². The smallest absolute Gasteiger partial charge is 0.311 e. The first-order valence-electron chi connectivity index (χ1n) is 10.2. The molecule has 1 heterocycles. The van der Waals surface area contributed by atoms with Crippen molar-refractivity contribution >= 4 is 39.9 Å². The minimum Gasteiger partial charge on any atom is -0.455 e. The van der Waals surface area contributed by atoms with Crippen molar-refractivity contribution in [2.24, 2.45) is 5.92 Å².